The van der Waals surface area contributed by atoms with Crippen molar-refractivity contribution in [1.29, 1.82) is 0 Å². The molecule has 1 atom stereocenters. The minimum atomic E-state index is -1.13. The van der Waals surface area contributed by atoms with Crippen LogP contribution in [0, 0.1) is 0 Å². The predicted molar refractivity (Wildman–Crippen MR) is 78.7 cm³/mol. The number of benzene rings is 1. The van der Waals surface area contributed by atoms with Crippen molar-refractivity contribution < 1.29 is 9.90 Å². The van der Waals surface area contributed by atoms with E-state index in [2.05, 4.69) is 39.0 Å². The van der Waals surface area contributed by atoms with E-state index >= 15 is 0 Å². The Bertz CT molecular complexity index is 507. The first-order valence-electron chi connectivity index (χ1n) is 6.51. The Hall–Kier alpha value is -1.00. The zero-order chi connectivity index (χ0) is 14.3. The molecule has 0 spiro atoms. The molecular weight excluding hydrogens is 258 g/mol. The molecule has 0 bridgehead atoms. The molecule has 0 saturated carbocycles. The minimum Gasteiger partial charge on any atom is -0.480 e. The fourth-order valence-corrected chi connectivity index (χ4v) is 3.45. The third kappa shape index (κ3) is 2.95. The summed E-state index contributed by atoms with van der Waals surface area (Å²) >= 11 is 1.71. The first-order valence-corrected chi connectivity index (χ1v) is 7.49. The Labute approximate surface area is 118 Å². The summed E-state index contributed by atoms with van der Waals surface area (Å²) in [6.07, 6.45) is 0.918. The van der Waals surface area contributed by atoms with Gasteiger partial charge in [-0.1, -0.05) is 32.9 Å². The van der Waals surface area contributed by atoms with Gasteiger partial charge in [-0.05, 0) is 29.0 Å². The van der Waals surface area contributed by atoms with Gasteiger partial charge in [-0.3, -0.25) is 4.79 Å². The van der Waals surface area contributed by atoms with Gasteiger partial charge in [0.25, 0.3) is 0 Å². The van der Waals surface area contributed by atoms with Gasteiger partial charge in [-0.2, -0.15) is 0 Å². The van der Waals surface area contributed by atoms with Gasteiger partial charge in [0.1, 0.15) is 5.54 Å². The SMILES string of the molecule is CC(C)(C)c1ccc2c(c1)CC(N)(C(=O)O)CCS2. The normalized spacial score (nSPS) is 23.6. The van der Waals surface area contributed by atoms with E-state index in [1.165, 1.54) is 10.5 Å². The quantitative estimate of drug-likeness (QED) is 0.829. The van der Waals surface area contributed by atoms with Crippen molar-refractivity contribution in [1.82, 2.24) is 0 Å². The van der Waals surface area contributed by atoms with E-state index in [9.17, 15) is 9.90 Å². The molecule has 19 heavy (non-hydrogen) atoms. The van der Waals surface area contributed by atoms with Gasteiger partial charge in [0.05, 0.1) is 0 Å². The molecule has 0 radical (unpaired) electrons. The summed E-state index contributed by atoms with van der Waals surface area (Å²) in [7, 11) is 0. The van der Waals surface area contributed by atoms with Gasteiger partial charge in [0, 0.05) is 17.1 Å². The van der Waals surface area contributed by atoms with E-state index in [1.807, 2.05) is 0 Å². The number of carboxylic acids is 1. The standard InChI is InChI=1S/C15H21NO2S/c1-14(2,3)11-4-5-12-10(8-11)9-15(16,13(17)18)6-7-19-12/h4-5,8H,6-7,9,16H2,1-3H3,(H,17,18). The number of carbonyl (C=O) groups is 1. The number of hydrogen-bond donors (Lipinski definition) is 2. The van der Waals surface area contributed by atoms with E-state index in [1.54, 1.807) is 11.8 Å². The van der Waals surface area contributed by atoms with Crippen LogP contribution in [0.25, 0.3) is 0 Å². The van der Waals surface area contributed by atoms with E-state index in [-0.39, 0.29) is 5.41 Å². The van der Waals surface area contributed by atoms with Crippen molar-refractivity contribution in [3.63, 3.8) is 0 Å². The molecule has 1 aromatic carbocycles. The molecule has 4 heteroatoms. The highest BCUT2D eigenvalue weighted by Gasteiger charge is 2.36. The van der Waals surface area contributed by atoms with Crippen LogP contribution in [0.15, 0.2) is 23.1 Å². The maximum atomic E-state index is 11.4. The number of thioether (sulfide) groups is 1. The second-order valence-corrected chi connectivity index (χ2v) is 7.45. The molecule has 0 amide bonds. The lowest BCUT2D eigenvalue weighted by Crippen LogP contribution is -2.50. The molecule has 0 aromatic heterocycles. The number of rotatable bonds is 1. The van der Waals surface area contributed by atoms with Crippen molar-refractivity contribution >= 4 is 17.7 Å². The molecule has 0 fully saturated rings. The van der Waals surface area contributed by atoms with E-state index in [0.717, 1.165) is 11.3 Å². The summed E-state index contributed by atoms with van der Waals surface area (Å²) in [6, 6.07) is 6.36. The van der Waals surface area contributed by atoms with Crippen LogP contribution in [0.2, 0.25) is 0 Å². The number of aliphatic carboxylic acids is 1. The van der Waals surface area contributed by atoms with Crippen LogP contribution in [0.3, 0.4) is 0 Å². The minimum absolute atomic E-state index is 0.0620. The molecule has 1 aromatic rings. The smallest absolute Gasteiger partial charge is 0.324 e. The lowest BCUT2D eigenvalue weighted by molar-refractivity contribution is -0.143. The molecule has 104 valence electrons. The average molecular weight is 279 g/mol. The topological polar surface area (TPSA) is 63.3 Å². The molecule has 1 aliphatic heterocycles. The summed E-state index contributed by atoms with van der Waals surface area (Å²) in [5, 5.41) is 9.34. The van der Waals surface area contributed by atoms with E-state index in [0.29, 0.717) is 12.8 Å². The van der Waals surface area contributed by atoms with Gasteiger partial charge < -0.3 is 10.8 Å². The molecule has 1 heterocycles. The molecule has 0 aliphatic carbocycles. The summed E-state index contributed by atoms with van der Waals surface area (Å²) in [4.78, 5) is 12.6. The van der Waals surface area contributed by atoms with Crippen molar-refractivity contribution in [3.05, 3.63) is 29.3 Å². The summed E-state index contributed by atoms with van der Waals surface area (Å²) in [5.41, 5.74) is 7.29. The Morgan fingerprint density at radius 3 is 2.68 bits per heavy atom. The van der Waals surface area contributed by atoms with Crippen LogP contribution in [0.5, 0.6) is 0 Å². The van der Waals surface area contributed by atoms with Crippen LogP contribution >= 0.6 is 11.8 Å². The molecule has 0 saturated heterocycles. The average Bonchev–Trinajstić information content (AvgIpc) is 2.45. The van der Waals surface area contributed by atoms with Crippen molar-refractivity contribution in [2.45, 2.75) is 49.5 Å². The largest absolute Gasteiger partial charge is 0.480 e. The maximum absolute atomic E-state index is 11.4. The zero-order valence-electron chi connectivity index (χ0n) is 11.7. The molecule has 1 aliphatic rings. The second kappa shape index (κ2) is 4.84. The van der Waals surface area contributed by atoms with Gasteiger partial charge in [-0.25, -0.2) is 0 Å². The van der Waals surface area contributed by atoms with Crippen molar-refractivity contribution in [3.8, 4) is 0 Å². The second-order valence-electron chi connectivity index (χ2n) is 6.31. The maximum Gasteiger partial charge on any atom is 0.324 e. The number of nitrogens with two attached hydrogens (primary N) is 1. The lowest BCUT2D eigenvalue weighted by atomic mass is 9.83. The van der Waals surface area contributed by atoms with Gasteiger partial charge in [-0.15, -0.1) is 11.8 Å². The number of hydrogen-bond acceptors (Lipinski definition) is 3. The van der Waals surface area contributed by atoms with Gasteiger partial charge in [0.15, 0.2) is 0 Å². The molecule has 3 nitrogen and oxygen atoms in total. The number of fused-ring (bicyclic) bond motifs is 1. The fourth-order valence-electron chi connectivity index (χ4n) is 2.28. The summed E-state index contributed by atoms with van der Waals surface area (Å²) < 4.78 is 0. The first-order chi connectivity index (χ1) is 8.72. The fraction of sp³-hybridized carbons (Fsp3) is 0.533. The third-order valence-corrected chi connectivity index (χ3v) is 4.78. The van der Waals surface area contributed by atoms with Gasteiger partial charge in [0.2, 0.25) is 0 Å². The highest BCUT2D eigenvalue weighted by atomic mass is 32.2. The van der Waals surface area contributed by atoms with E-state index < -0.39 is 11.5 Å². The Morgan fingerprint density at radius 1 is 1.42 bits per heavy atom. The predicted octanol–water partition coefficient (Wildman–Crippen LogP) is 2.80. The lowest BCUT2D eigenvalue weighted by Gasteiger charge is -2.24. The van der Waals surface area contributed by atoms with Crippen LogP contribution < -0.4 is 5.73 Å². The first kappa shape index (κ1) is 14.4. The Balaban J connectivity index is 2.43. The monoisotopic (exact) mass is 279 g/mol. The highest BCUT2D eigenvalue weighted by molar-refractivity contribution is 7.99. The Kier molecular flexibility index (Phi) is 3.67. The van der Waals surface area contributed by atoms with Crippen molar-refractivity contribution in [2.24, 2.45) is 5.73 Å². The third-order valence-electron chi connectivity index (χ3n) is 3.66. The van der Waals surface area contributed by atoms with Crippen molar-refractivity contribution in [2.75, 3.05) is 5.75 Å². The van der Waals surface area contributed by atoms with Crippen LogP contribution in [-0.2, 0) is 16.6 Å². The summed E-state index contributed by atoms with van der Waals surface area (Å²) in [5.74, 6) is -0.146. The van der Waals surface area contributed by atoms with Gasteiger partial charge >= 0.3 is 5.97 Å². The highest BCUT2D eigenvalue weighted by Crippen LogP contribution is 2.35. The number of carboxylic acid groups (broad SMARTS) is 1. The van der Waals surface area contributed by atoms with Crippen LogP contribution in [0.4, 0.5) is 0 Å². The molecular formula is C15H21NO2S. The molecule has 3 N–H and O–H groups in total. The van der Waals surface area contributed by atoms with Crippen LogP contribution in [0.1, 0.15) is 38.3 Å². The van der Waals surface area contributed by atoms with Crippen LogP contribution in [-0.4, -0.2) is 22.4 Å². The van der Waals surface area contributed by atoms with E-state index in [4.69, 9.17) is 5.73 Å². The molecule has 1 unspecified atom stereocenters. The zero-order valence-corrected chi connectivity index (χ0v) is 12.5. The Morgan fingerprint density at radius 2 is 2.11 bits per heavy atom. The summed E-state index contributed by atoms with van der Waals surface area (Å²) in [6.45, 7) is 6.47. The molecule has 2 rings (SSSR count).